The third kappa shape index (κ3) is 2.55. The Balaban J connectivity index is 1.90. The molecule has 1 aliphatic rings. The van der Waals surface area contributed by atoms with E-state index in [1.54, 1.807) is 0 Å². The minimum Gasteiger partial charge on any atom is -0.492 e. The summed E-state index contributed by atoms with van der Waals surface area (Å²) in [5, 5.41) is 1.03. The summed E-state index contributed by atoms with van der Waals surface area (Å²) in [7, 11) is 0. The van der Waals surface area contributed by atoms with Crippen LogP contribution in [0.25, 0.3) is 10.9 Å². The van der Waals surface area contributed by atoms with Crippen molar-refractivity contribution in [2.45, 2.75) is 13.0 Å². The van der Waals surface area contributed by atoms with Crippen molar-refractivity contribution in [1.82, 2.24) is 4.98 Å². The highest BCUT2D eigenvalue weighted by Gasteiger charge is 2.18. The van der Waals surface area contributed by atoms with Crippen LogP contribution in [0.15, 0.2) is 30.5 Å². The molecule has 0 bridgehead atoms. The highest BCUT2D eigenvalue weighted by molar-refractivity contribution is 5.86. The molecule has 3 rings (SSSR count). The fourth-order valence-electron chi connectivity index (χ4n) is 2.39. The SMILES string of the molecule is NCc1cnc2ccccc2c1OCC1CCOC1. The molecule has 1 fully saturated rings. The molecule has 4 heteroatoms. The Morgan fingerprint density at radius 2 is 2.26 bits per heavy atom. The molecule has 1 aliphatic heterocycles. The number of rotatable bonds is 4. The minimum atomic E-state index is 0.439. The Morgan fingerprint density at radius 3 is 3.05 bits per heavy atom. The standard InChI is InChI=1S/C15H18N2O2/c16-7-12-8-17-14-4-2-1-3-13(14)15(12)19-10-11-5-6-18-9-11/h1-4,8,11H,5-7,9-10,16H2. The quantitative estimate of drug-likeness (QED) is 0.912. The number of aromatic nitrogens is 1. The number of nitrogens with zero attached hydrogens (tertiary/aromatic N) is 1. The molecule has 1 atom stereocenters. The molecule has 0 radical (unpaired) electrons. The molecule has 100 valence electrons. The molecule has 19 heavy (non-hydrogen) atoms. The Morgan fingerprint density at radius 1 is 1.37 bits per heavy atom. The van der Waals surface area contributed by atoms with Gasteiger partial charge in [0.1, 0.15) is 5.75 Å². The largest absolute Gasteiger partial charge is 0.492 e. The van der Waals surface area contributed by atoms with E-state index in [1.165, 1.54) is 0 Å². The fourth-order valence-corrected chi connectivity index (χ4v) is 2.39. The highest BCUT2D eigenvalue weighted by Crippen LogP contribution is 2.29. The summed E-state index contributed by atoms with van der Waals surface area (Å²) in [6.07, 6.45) is 2.88. The number of ether oxygens (including phenoxy) is 2. The van der Waals surface area contributed by atoms with Crippen molar-refractivity contribution in [3.63, 3.8) is 0 Å². The summed E-state index contributed by atoms with van der Waals surface area (Å²) in [4.78, 5) is 4.41. The number of hydrogen-bond donors (Lipinski definition) is 1. The van der Waals surface area contributed by atoms with Crippen LogP contribution in [0.5, 0.6) is 5.75 Å². The fraction of sp³-hybridized carbons (Fsp3) is 0.400. The summed E-state index contributed by atoms with van der Waals surface area (Å²) in [6.45, 7) is 2.76. The van der Waals surface area contributed by atoms with Crippen molar-refractivity contribution in [2.24, 2.45) is 11.7 Å². The molecular weight excluding hydrogens is 240 g/mol. The van der Waals surface area contributed by atoms with Crippen LogP contribution in [0.3, 0.4) is 0 Å². The number of hydrogen-bond acceptors (Lipinski definition) is 4. The smallest absolute Gasteiger partial charge is 0.134 e. The van der Waals surface area contributed by atoms with E-state index in [1.807, 2.05) is 30.5 Å². The monoisotopic (exact) mass is 258 g/mol. The van der Waals surface area contributed by atoms with E-state index < -0.39 is 0 Å². The predicted molar refractivity (Wildman–Crippen MR) is 74.1 cm³/mol. The Bertz CT molecular complexity index is 565. The van der Waals surface area contributed by atoms with Gasteiger partial charge in [-0.05, 0) is 18.6 Å². The molecule has 0 saturated carbocycles. The van der Waals surface area contributed by atoms with Crippen LogP contribution in [0.1, 0.15) is 12.0 Å². The Hall–Kier alpha value is -1.65. The summed E-state index contributed by atoms with van der Waals surface area (Å²) in [5.41, 5.74) is 7.68. The second-order valence-electron chi connectivity index (χ2n) is 4.87. The molecule has 0 spiro atoms. The van der Waals surface area contributed by atoms with Crippen molar-refractivity contribution in [3.05, 3.63) is 36.0 Å². The van der Waals surface area contributed by atoms with Crippen LogP contribution in [0.2, 0.25) is 0 Å². The molecule has 0 aliphatic carbocycles. The first kappa shape index (κ1) is 12.4. The van der Waals surface area contributed by atoms with Gasteiger partial charge in [0.2, 0.25) is 0 Å². The van der Waals surface area contributed by atoms with E-state index in [2.05, 4.69) is 4.98 Å². The van der Waals surface area contributed by atoms with Gasteiger partial charge in [0, 0.05) is 36.2 Å². The molecular formula is C15H18N2O2. The number of fused-ring (bicyclic) bond motifs is 1. The average Bonchev–Trinajstić information content (AvgIpc) is 2.97. The van der Waals surface area contributed by atoms with Gasteiger partial charge in [-0.2, -0.15) is 0 Å². The Labute approximate surface area is 112 Å². The molecule has 1 unspecified atom stereocenters. The van der Waals surface area contributed by atoms with E-state index in [4.69, 9.17) is 15.2 Å². The van der Waals surface area contributed by atoms with Crippen molar-refractivity contribution >= 4 is 10.9 Å². The highest BCUT2D eigenvalue weighted by atomic mass is 16.5. The van der Waals surface area contributed by atoms with Gasteiger partial charge in [0.25, 0.3) is 0 Å². The molecule has 4 nitrogen and oxygen atoms in total. The maximum Gasteiger partial charge on any atom is 0.134 e. The summed E-state index contributed by atoms with van der Waals surface area (Å²) >= 11 is 0. The Kier molecular flexibility index (Phi) is 3.62. The third-order valence-electron chi connectivity index (χ3n) is 3.51. The van der Waals surface area contributed by atoms with Crippen molar-refractivity contribution < 1.29 is 9.47 Å². The maximum atomic E-state index is 6.03. The number of para-hydroxylation sites is 1. The van der Waals surface area contributed by atoms with Gasteiger partial charge in [-0.3, -0.25) is 4.98 Å². The van der Waals surface area contributed by atoms with E-state index in [0.29, 0.717) is 19.1 Å². The topological polar surface area (TPSA) is 57.4 Å². The van der Waals surface area contributed by atoms with Crippen LogP contribution < -0.4 is 10.5 Å². The molecule has 2 aromatic rings. The van der Waals surface area contributed by atoms with Gasteiger partial charge in [-0.25, -0.2) is 0 Å². The second-order valence-corrected chi connectivity index (χ2v) is 4.87. The van der Waals surface area contributed by atoms with Crippen LogP contribution in [0, 0.1) is 5.92 Å². The van der Waals surface area contributed by atoms with Crippen molar-refractivity contribution in [3.8, 4) is 5.75 Å². The van der Waals surface area contributed by atoms with Crippen molar-refractivity contribution in [1.29, 1.82) is 0 Å². The zero-order chi connectivity index (χ0) is 13.1. The van der Waals surface area contributed by atoms with Gasteiger partial charge in [0.05, 0.1) is 18.7 Å². The van der Waals surface area contributed by atoms with E-state index in [9.17, 15) is 0 Å². The molecule has 1 aromatic carbocycles. The van der Waals surface area contributed by atoms with E-state index in [0.717, 1.165) is 41.9 Å². The van der Waals surface area contributed by atoms with Gasteiger partial charge >= 0.3 is 0 Å². The first-order valence-electron chi connectivity index (χ1n) is 6.65. The average molecular weight is 258 g/mol. The zero-order valence-corrected chi connectivity index (χ0v) is 10.8. The first-order chi connectivity index (χ1) is 9.38. The predicted octanol–water partition coefficient (Wildman–Crippen LogP) is 2.11. The van der Waals surface area contributed by atoms with Gasteiger partial charge in [0.15, 0.2) is 0 Å². The summed E-state index contributed by atoms with van der Waals surface area (Å²) in [5.74, 6) is 1.36. The molecule has 2 N–H and O–H groups in total. The number of pyridine rings is 1. The summed E-state index contributed by atoms with van der Waals surface area (Å²) < 4.78 is 11.4. The molecule has 0 amide bonds. The normalized spacial score (nSPS) is 18.9. The molecule has 1 aromatic heterocycles. The van der Waals surface area contributed by atoms with E-state index >= 15 is 0 Å². The molecule has 1 saturated heterocycles. The van der Waals surface area contributed by atoms with Gasteiger partial charge in [-0.15, -0.1) is 0 Å². The van der Waals surface area contributed by atoms with Crippen LogP contribution >= 0.6 is 0 Å². The maximum absolute atomic E-state index is 6.03. The van der Waals surface area contributed by atoms with E-state index in [-0.39, 0.29) is 0 Å². The zero-order valence-electron chi connectivity index (χ0n) is 10.8. The third-order valence-corrected chi connectivity index (χ3v) is 3.51. The lowest BCUT2D eigenvalue weighted by Crippen LogP contribution is -2.13. The number of benzene rings is 1. The van der Waals surface area contributed by atoms with Gasteiger partial charge in [-0.1, -0.05) is 12.1 Å². The van der Waals surface area contributed by atoms with Gasteiger partial charge < -0.3 is 15.2 Å². The van der Waals surface area contributed by atoms with Crippen molar-refractivity contribution in [2.75, 3.05) is 19.8 Å². The molecule has 2 heterocycles. The van der Waals surface area contributed by atoms with Crippen LogP contribution in [-0.4, -0.2) is 24.8 Å². The number of nitrogens with two attached hydrogens (primary N) is 1. The first-order valence-corrected chi connectivity index (χ1v) is 6.65. The lowest BCUT2D eigenvalue weighted by Gasteiger charge is -2.15. The lowest BCUT2D eigenvalue weighted by molar-refractivity contribution is 0.167. The van der Waals surface area contributed by atoms with Crippen LogP contribution in [-0.2, 0) is 11.3 Å². The van der Waals surface area contributed by atoms with Crippen LogP contribution in [0.4, 0.5) is 0 Å². The summed E-state index contributed by atoms with van der Waals surface area (Å²) in [6, 6.07) is 7.99. The minimum absolute atomic E-state index is 0.439. The lowest BCUT2D eigenvalue weighted by atomic mass is 10.1. The second kappa shape index (κ2) is 5.55.